The van der Waals surface area contributed by atoms with E-state index in [2.05, 4.69) is 4.98 Å². The average molecular weight is 217 g/mol. The van der Waals surface area contributed by atoms with Gasteiger partial charge in [0.15, 0.2) is 0 Å². The maximum absolute atomic E-state index is 5.97. The molecule has 2 aromatic heterocycles. The van der Waals surface area contributed by atoms with E-state index in [4.69, 9.17) is 10.5 Å². The van der Waals surface area contributed by atoms with Gasteiger partial charge in [-0.05, 0) is 24.5 Å². The molecule has 0 spiro atoms. The third-order valence-electron chi connectivity index (χ3n) is 3.15. The maximum Gasteiger partial charge on any atom is 0.115 e. The number of nitrogens with zero attached hydrogens (tertiary/aromatic N) is 2. The normalized spacial score (nSPS) is 20.6. The highest BCUT2D eigenvalue weighted by atomic mass is 16.5. The van der Waals surface area contributed by atoms with Crippen LogP contribution in [-0.4, -0.2) is 22.6 Å². The summed E-state index contributed by atoms with van der Waals surface area (Å²) in [6, 6.07) is 5.89. The van der Waals surface area contributed by atoms with E-state index >= 15 is 0 Å². The minimum Gasteiger partial charge on any atom is -0.385 e. The predicted octanol–water partition coefficient (Wildman–Crippen LogP) is 1.50. The Morgan fingerprint density at radius 3 is 3.25 bits per heavy atom. The van der Waals surface area contributed by atoms with Crippen molar-refractivity contribution in [2.45, 2.75) is 12.8 Å². The Hall–Kier alpha value is -1.55. The highest BCUT2D eigenvalue weighted by Gasteiger charge is 2.18. The molecule has 1 saturated heterocycles. The summed E-state index contributed by atoms with van der Waals surface area (Å²) < 4.78 is 7.41. The number of rotatable bonds is 2. The summed E-state index contributed by atoms with van der Waals surface area (Å²) in [5.74, 6) is 2.39. The lowest BCUT2D eigenvalue weighted by atomic mass is 10.1. The second kappa shape index (κ2) is 3.79. The highest BCUT2D eigenvalue weighted by molar-refractivity contribution is 5.53. The zero-order chi connectivity index (χ0) is 11.0. The molecule has 1 aliphatic rings. The SMILES string of the molecule is Nc1cccc2cnc(CC3CCOC3)n12. The van der Waals surface area contributed by atoms with Crippen molar-refractivity contribution in [2.24, 2.45) is 5.92 Å². The number of anilines is 1. The summed E-state index contributed by atoms with van der Waals surface area (Å²) in [5, 5.41) is 0. The summed E-state index contributed by atoms with van der Waals surface area (Å²) >= 11 is 0. The van der Waals surface area contributed by atoms with Gasteiger partial charge in [-0.2, -0.15) is 0 Å². The molecule has 3 heterocycles. The number of fused-ring (bicyclic) bond motifs is 1. The van der Waals surface area contributed by atoms with E-state index in [0.29, 0.717) is 5.92 Å². The van der Waals surface area contributed by atoms with Crippen LogP contribution in [0.4, 0.5) is 5.82 Å². The van der Waals surface area contributed by atoms with E-state index < -0.39 is 0 Å². The Morgan fingerprint density at radius 1 is 1.50 bits per heavy atom. The molecule has 1 fully saturated rings. The van der Waals surface area contributed by atoms with Gasteiger partial charge in [-0.1, -0.05) is 6.07 Å². The monoisotopic (exact) mass is 217 g/mol. The van der Waals surface area contributed by atoms with Gasteiger partial charge in [-0.25, -0.2) is 4.98 Å². The summed E-state index contributed by atoms with van der Waals surface area (Å²) in [7, 11) is 0. The van der Waals surface area contributed by atoms with E-state index in [-0.39, 0.29) is 0 Å². The molecule has 0 radical (unpaired) electrons. The van der Waals surface area contributed by atoms with E-state index in [1.807, 2.05) is 28.8 Å². The van der Waals surface area contributed by atoms with Crippen LogP contribution in [0, 0.1) is 5.92 Å². The first-order chi connectivity index (χ1) is 7.84. The molecule has 0 amide bonds. The Bertz CT molecular complexity index is 500. The van der Waals surface area contributed by atoms with Crippen molar-refractivity contribution in [1.82, 2.24) is 9.38 Å². The van der Waals surface area contributed by atoms with Crippen LogP contribution in [0.25, 0.3) is 5.52 Å². The quantitative estimate of drug-likeness (QED) is 0.829. The minimum absolute atomic E-state index is 0.588. The number of hydrogen-bond acceptors (Lipinski definition) is 3. The Balaban J connectivity index is 1.97. The number of nitrogens with two attached hydrogens (primary N) is 1. The molecule has 1 aliphatic heterocycles. The summed E-state index contributed by atoms with van der Waals surface area (Å²) in [6.45, 7) is 1.73. The molecule has 3 rings (SSSR count). The summed E-state index contributed by atoms with van der Waals surface area (Å²) in [5.41, 5.74) is 7.03. The standard InChI is InChI=1S/C12H15N3O/c13-11-3-1-2-10-7-14-12(15(10)11)6-9-4-5-16-8-9/h1-3,7,9H,4-6,8,13H2. The van der Waals surface area contributed by atoms with E-state index in [1.165, 1.54) is 0 Å². The molecular formula is C12H15N3O. The lowest BCUT2D eigenvalue weighted by molar-refractivity contribution is 0.185. The Labute approximate surface area is 94.0 Å². The van der Waals surface area contributed by atoms with Crippen molar-refractivity contribution >= 4 is 11.3 Å². The molecule has 4 heteroatoms. The van der Waals surface area contributed by atoms with Crippen LogP contribution in [0.5, 0.6) is 0 Å². The highest BCUT2D eigenvalue weighted by Crippen LogP contribution is 2.20. The topological polar surface area (TPSA) is 52.5 Å². The molecule has 2 aromatic rings. The number of ether oxygens (including phenoxy) is 1. The van der Waals surface area contributed by atoms with Crippen molar-refractivity contribution in [2.75, 3.05) is 18.9 Å². The number of hydrogen-bond donors (Lipinski definition) is 1. The third-order valence-corrected chi connectivity index (χ3v) is 3.15. The summed E-state index contributed by atoms with van der Waals surface area (Å²) in [6.07, 6.45) is 3.95. The van der Waals surface area contributed by atoms with Crippen molar-refractivity contribution in [3.63, 3.8) is 0 Å². The second-order valence-electron chi connectivity index (χ2n) is 4.32. The lowest BCUT2D eigenvalue weighted by Crippen LogP contribution is -2.08. The number of aromatic nitrogens is 2. The van der Waals surface area contributed by atoms with Crippen molar-refractivity contribution in [1.29, 1.82) is 0 Å². The van der Waals surface area contributed by atoms with Crippen molar-refractivity contribution in [3.05, 3.63) is 30.2 Å². The Morgan fingerprint density at radius 2 is 2.44 bits per heavy atom. The molecule has 16 heavy (non-hydrogen) atoms. The van der Waals surface area contributed by atoms with Crippen LogP contribution >= 0.6 is 0 Å². The first-order valence-electron chi connectivity index (χ1n) is 5.63. The minimum atomic E-state index is 0.588. The van der Waals surface area contributed by atoms with E-state index in [9.17, 15) is 0 Å². The van der Waals surface area contributed by atoms with E-state index in [0.717, 1.165) is 43.2 Å². The number of nitrogen functional groups attached to an aromatic ring is 1. The lowest BCUT2D eigenvalue weighted by Gasteiger charge is -2.08. The maximum atomic E-state index is 5.97. The van der Waals surface area contributed by atoms with Gasteiger partial charge in [0.25, 0.3) is 0 Å². The first-order valence-corrected chi connectivity index (χ1v) is 5.63. The van der Waals surface area contributed by atoms with Gasteiger partial charge < -0.3 is 10.5 Å². The largest absolute Gasteiger partial charge is 0.385 e. The molecule has 1 atom stereocenters. The average Bonchev–Trinajstić information content (AvgIpc) is 2.90. The van der Waals surface area contributed by atoms with Crippen LogP contribution in [0.1, 0.15) is 12.2 Å². The zero-order valence-electron chi connectivity index (χ0n) is 9.10. The molecule has 4 nitrogen and oxygen atoms in total. The van der Waals surface area contributed by atoms with Gasteiger partial charge in [-0.3, -0.25) is 4.40 Å². The number of pyridine rings is 1. The van der Waals surface area contributed by atoms with Crippen LogP contribution in [0.3, 0.4) is 0 Å². The van der Waals surface area contributed by atoms with Crippen molar-refractivity contribution in [3.8, 4) is 0 Å². The third kappa shape index (κ3) is 1.55. The first kappa shape index (κ1) is 9.66. The Kier molecular flexibility index (Phi) is 2.29. The fourth-order valence-electron chi connectivity index (χ4n) is 2.29. The molecule has 0 saturated carbocycles. The molecule has 2 N–H and O–H groups in total. The zero-order valence-corrected chi connectivity index (χ0v) is 9.10. The molecule has 0 aliphatic carbocycles. The van der Waals surface area contributed by atoms with Gasteiger partial charge in [0.1, 0.15) is 11.6 Å². The van der Waals surface area contributed by atoms with Gasteiger partial charge in [0, 0.05) is 19.6 Å². The molecule has 0 bridgehead atoms. The second-order valence-corrected chi connectivity index (χ2v) is 4.32. The van der Waals surface area contributed by atoms with Gasteiger partial charge >= 0.3 is 0 Å². The van der Waals surface area contributed by atoms with Crippen LogP contribution in [0.2, 0.25) is 0 Å². The molecule has 0 aromatic carbocycles. The van der Waals surface area contributed by atoms with Gasteiger partial charge in [0.05, 0.1) is 11.7 Å². The molecule has 84 valence electrons. The predicted molar refractivity (Wildman–Crippen MR) is 62.2 cm³/mol. The van der Waals surface area contributed by atoms with Crippen LogP contribution in [0.15, 0.2) is 24.4 Å². The summed E-state index contributed by atoms with van der Waals surface area (Å²) in [4.78, 5) is 4.45. The van der Waals surface area contributed by atoms with Gasteiger partial charge in [0.2, 0.25) is 0 Å². The van der Waals surface area contributed by atoms with Crippen LogP contribution < -0.4 is 5.73 Å². The smallest absolute Gasteiger partial charge is 0.115 e. The van der Waals surface area contributed by atoms with E-state index in [1.54, 1.807) is 0 Å². The molecular weight excluding hydrogens is 202 g/mol. The molecule has 1 unspecified atom stereocenters. The van der Waals surface area contributed by atoms with Crippen LogP contribution in [-0.2, 0) is 11.2 Å². The van der Waals surface area contributed by atoms with Crippen molar-refractivity contribution < 1.29 is 4.74 Å². The fraction of sp³-hybridized carbons (Fsp3) is 0.417. The number of imidazole rings is 1. The van der Waals surface area contributed by atoms with Gasteiger partial charge in [-0.15, -0.1) is 0 Å². The fourth-order valence-corrected chi connectivity index (χ4v) is 2.29.